The number of aromatic nitrogens is 1. The summed E-state index contributed by atoms with van der Waals surface area (Å²) in [7, 11) is 3.31. The SMILES string of the molecule is COCCN(C)C(=O)c1ccc(NC2=CC(c3cccc(NC(=O)c4cc5c(s4)CCCCC5)c3C)=CC(C)C2=O)nc1. The average Bonchev–Trinajstić information content (AvgIpc) is 3.29. The molecular formula is C34H38N4O4S. The van der Waals surface area contributed by atoms with Crippen molar-refractivity contribution in [1.29, 1.82) is 0 Å². The predicted octanol–water partition coefficient (Wildman–Crippen LogP) is 6.29. The van der Waals surface area contributed by atoms with Crippen molar-refractivity contribution in [3.63, 3.8) is 0 Å². The number of carbonyl (C=O) groups is 3. The van der Waals surface area contributed by atoms with Crippen LogP contribution in [0.15, 0.2) is 60.4 Å². The van der Waals surface area contributed by atoms with E-state index in [0.29, 0.717) is 30.2 Å². The molecule has 0 aliphatic heterocycles. The van der Waals surface area contributed by atoms with Gasteiger partial charge in [0.15, 0.2) is 5.78 Å². The number of hydrogen-bond donors (Lipinski definition) is 2. The van der Waals surface area contributed by atoms with Crippen LogP contribution < -0.4 is 10.6 Å². The minimum atomic E-state index is -0.350. The van der Waals surface area contributed by atoms with E-state index in [1.165, 1.54) is 35.9 Å². The smallest absolute Gasteiger partial charge is 0.265 e. The first-order chi connectivity index (χ1) is 20.7. The number of hydrogen-bond acceptors (Lipinski definition) is 7. The first-order valence-electron chi connectivity index (χ1n) is 14.7. The van der Waals surface area contributed by atoms with E-state index in [4.69, 9.17) is 4.74 Å². The number of nitrogens with one attached hydrogen (secondary N) is 2. The van der Waals surface area contributed by atoms with Crippen molar-refractivity contribution >= 4 is 46.0 Å². The van der Waals surface area contributed by atoms with Gasteiger partial charge < -0.3 is 20.3 Å². The maximum atomic E-state index is 13.2. The zero-order valence-electron chi connectivity index (χ0n) is 25.2. The Kier molecular flexibility index (Phi) is 9.52. The van der Waals surface area contributed by atoms with Crippen molar-refractivity contribution < 1.29 is 19.1 Å². The third kappa shape index (κ3) is 6.95. The van der Waals surface area contributed by atoms with Gasteiger partial charge in [0.1, 0.15) is 5.82 Å². The number of benzene rings is 1. The summed E-state index contributed by atoms with van der Waals surface area (Å²) in [6.45, 7) is 4.77. The van der Waals surface area contributed by atoms with E-state index in [2.05, 4.69) is 21.7 Å². The van der Waals surface area contributed by atoms with Crippen molar-refractivity contribution in [2.45, 2.75) is 46.0 Å². The number of likely N-dealkylation sites (N-methyl/N-ethyl adjacent to an activating group) is 1. The second-order valence-electron chi connectivity index (χ2n) is 11.2. The summed E-state index contributed by atoms with van der Waals surface area (Å²) in [6, 6.07) is 11.3. The van der Waals surface area contributed by atoms with Gasteiger partial charge in [0.25, 0.3) is 11.8 Å². The van der Waals surface area contributed by atoms with Gasteiger partial charge in [-0.05, 0) is 85.2 Å². The third-order valence-corrected chi connectivity index (χ3v) is 9.26. The van der Waals surface area contributed by atoms with E-state index in [0.717, 1.165) is 40.1 Å². The molecule has 2 heterocycles. The van der Waals surface area contributed by atoms with Crippen molar-refractivity contribution in [3.8, 4) is 0 Å². The van der Waals surface area contributed by atoms with Crippen LogP contribution in [0.2, 0.25) is 0 Å². The number of nitrogens with zero attached hydrogens (tertiary/aromatic N) is 2. The van der Waals surface area contributed by atoms with E-state index in [-0.39, 0.29) is 23.5 Å². The molecule has 0 bridgehead atoms. The van der Waals surface area contributed by atoms with Crippen LogP contribution in [0.1, 0.15) is 67.8 Å². The van der Waals surface area contributed by atoms with Gasteiger partial charge in [-0.2, -0.15) is 0 Å². The molecule has 1 aromatic carbocycles. The van der Waals surface area contributed by atoms with Crippen molar-refractivity contribution in [2.75, 3.05) is 37.9 Å². The Bertz CT molecular complexity index is 1560. The number of amides is 2. The highest BCUT2D eigenvalue weighted by molar-refractivity contribution is 7.14. The molecule has 2 amide bonds. The van der Waals surface area contributed by atoms with Crippen LogP contribution in [0.5, 0.6) is 0 Å². The summed E-state index contributed by atoms with van der Waals surface area (Å²) in [5.41, 5.74) is 5.69. The maximum Gasteiger partial charge on any atom is 0.265 e. The second-order valence-corrected chi connectivity index (χ2v) is 12.3. The van der Waals surface area contributed by atoms with E-state index in [9.17, 15) is 14.4 Å². The van der Waals surface area contributed by atoms with Gasteiger partial charge in [-0.3, -0.25) is 14.4 Å². The zero-order valence-corrected chi connectivity index (χ0v) is 26.0. The van der Waals surface area contributed by atoms with Crippen LogP contribution in [-0.4, -0.2) is 54.8 Å². The molecule has 2 aliphatic rings. The molecule has 1 atom stereocenters. The van der Waals surface area contributed by atoms with Gasteiger partial charge in [-0.15, -0.1) is 11.3 Å². The predicted molar refractivity (Wildman–Crippen MR) is 172 cm³/mol. The number of ether oxygens (including phenoxy) is 1. The monoisotopic (exact) mass is 598 g/mol. The van der Waals surface area contributed by atoms with Crippen LogP contribution >= 0.6 is 11.3 Å². The lowest BCUT2D eigenvalue weighted by Crippen LogP contribution is -2.30. The number of Topliss-reactive ketones (excluding diaryl/α,β-unsaturated/α-hetero) is 1. The van der Waals surface area contributed by atoms with E-state index >= 15 is 0 Å². The number of carbonyl (C=O) groups excluding carboxylic acids is 3. The van der Waals surface area contributed by atoms with Gasteiger partial charge in [0, 0.05) is 43.4 Å². The lowest BCUT2D eigenvalue weighted by atomic mass is 9.88. The molecule has 2 aromatic heterocycles. The molecule has 8 nitrogen and oxygen atoms in total. The highest BCUT2D eigenvalue weighted by Gasteiger charge is 2.24. The Morgan fingerprint density at radius 2 is 1.95 bits per heavy atom. The number of anilines is 2. The Labute approximate surface area is 256 Å². The fourth-order valence-corrected chi connectivity index (χ4v) is 6.61. The standard InChI is InChI=1S/C34H38N4O4S/c1-21-17-25(18-28(32(21)39)36-31-14-13-24(20-35-31)34(41)38(3)15-16-42-4)26-10-8-11-27(22(26)2)37-33(40)30-19-23-9-6-5-7-12-29(23)43-30/h8,10-11,13-14,17-21H,5-7,9,12,15-16H2,1-4H3,(H,35,36)(H,37,40). The number of methoxy groups -OCH3 is 1. The molecular weight excluding hydrogens is 560 g/mol. The molecule has 9 heteroatoms. The van der Waals surface area contributed by atoms with Gasteiger partial charge in [-0.25, -0.2) is 4.98 Å². The molecule has 2 N–H and O–H groups in total. The topological polar surface area (TPSA) is 101 Å². The average molecular weight is 599 g/mol. The lowest BCUT2D eigenvalue weighted by molar-refractivity contribution is -0.117. The summed E-state index contributed by atoms with van der Waals surface area (Å²) in [5.74, 6) is -0.174. The largest absolute Gasteiger partial charge is 0.383 e. The van der Waals surface area contributed by atoms with Crippen molar-refractivity contribution in [3.05, 3.63) is 92.5 Å². The summed E-state index contributed by atoms with van der Waals surface area (Å²) in [6.07, 6.45) is 11.0. The van der Waals surface area contributed by atoms with Crippen LogP contribution in [-0.2, 0) is 22.4 Å². The molecule has 0 saturated carbocycles. The Hall–Kier alpha value is -4.08. The first-order valence-corrected chi connectivity index (χ1v) is 15.5. The Balaban J connectivity index is 1.32. The zero-order chi connectivity index (χ0) is 30.5. The van der Waals surface area contributed by atoms with Crippen molar-refractivity contribution in [2.24, 2.45) is 5.92 Å². The second kappa shape index (κ2) is 13.5. The molecule has 224 valence electrons. The van der Waals surface area contributed by atoms with Crippen molar-refractivity contribution in [1.82, 2.24) is 9.88 Å². The summed E-state index contributed by atoms with van der Waals surface area (Å²) in [5, 5.41) is 6.28. The molecule has 3 aromatic rings. The minimum absolute atomic E-state index is 0.0513. The van der Waals surface area contributed by atoms with Gasteiger partial charge >= 0.3 is 0 Å². The van der Waals surface area contributed by atoms with Gasteiger partial charge in [0.2, 0.25) is 0 Å². The van der Waals surface area contributed by atoms with Gasteiger partial charge in [-0.1, -0.05) is 31.6 Å². The third-order valence-electron chi connectivity index (χ3n) is 8.02. The molecule has 0 fully saturated rings. The summed E-state index contributed by atoms with van der Waals surface area (Å²) in [4.78, 5) is 47.0. The van der Waals surface area contributed by atoms with E-state index in [1.54, 1.807) is 42.5 Å². The van der Waals surface area contributed by atoms with Crippen LogP contribution in [0.4, 0.5) is 11.5 Å². The Morgan fingerprint density at radius 1 is 1.14 bits per heavy atom. The molecule has 0 radical (unpaired) electrons. The highest BCUT2D eigenvalue weighted by atomic mass is 32.1. The Morgan fingerprint density at radius 3 is 2.72 bits per heavy atom. The van der Waals surface area contributed by atoms with E-state index in [1.807, 2.05) is 44.2 Å². The summed E-state index contributed by atoms with van der Waals surface area (Å²) < 4.78 is 5.05. The van der Waals surface area contributed by atoms with Crippen LogP contribution in [0.25, 0.3) is 5.57 Å². The number of ketones is 1. The van der Waals surface area contributed by atoms with E-state index < -0.39 is 0 Å². The first kappa shape index (κ1) is 30.4. The number of allylic oxidation sites excluding steroid dienone is 4. The molecule has 43 heavy (non-hydrogen) atoms. The lowest BCUT2D eigenvalue weighted by Gasteiger charge is -2.21. The quantitative estimate of drug-likeness (QED) is 0.281. The number of aryl methyl sites for hydroxylation is 2. The molecule has 1 unspecified atom stereocenters. The number of rotatable bonds is 9. The van der Waals surface area contributed by atoms with Crippen LogP contribution in [0.3, 0.4) is 0 Å². The minimum Gasteiger partial charge on any atom is -0.383 e. The maximum absolute atomic E-state index is 13.2. The number of fused-ring (bicyclic) bond motifs is 1. The molecule has 2 aliphatic carbocycles. The molecule has 0 spiro atoms. The fourth-order valence-electron chi connectivity index (χ4n) is 5.46. The number of pyridine rings is 1. The normalized spacial score (nSPS) is 16.5. The number of thiophene rings is 1. The van der Waals surface area contributed by atoms with Gasteiger partial charge in [0.05, 0.1) is 22.7 Å². The molecule has 5 rings (SSSR count). The van der Waals surface area contributed by atoms with Crippen LogP contribution in [0, 0.1) is 12.8 Å². The molecule has 0 saturated heterocycles. The highest BCUT2D eigenvalue weighted by Crippen LogP contribution is 2.33. The fraction of sp³-hybridized carbons (Fsp3) is 0.353. The summed E-state index contributed by atoms with van der Waals surface area (Å²) >= 11 is 1.61.